The lowest BCUT2D eigenvalue weighted by Crippen LogP contribution is -2.17. The highest BCUT2D eigenvalue weighted by Crippen LogP contribution is 2.42. The molecule has 0 aliphatic rings. The van der Waals surface area contributed by atoms with Crippen LogP contribution >= 0.6 is 0 Å². The zero-order valence-electron chi connectivity index (χ0n) is 17.1. The van der Waals surface area contributed by atoms with Crippen molar-refractivity contribution >= 4 is 22.9 Å². The number of esters is 1. The van der Waals surface area contributed by atoms with E-state index < -0.39 is 12.1 Å². The first kappa shape index (κ1) is 21.2. The Morgan fingerprint density at radius 1 is 0.767 bits per heavy atom. The molecule has 0 radical (unpaired) electrons. The molecule has 0 aliphatic heterocycles. The van der Waals surface area contributed by atoms with Gasteiger partial charge >= 0.3 is 12.1 Å². The summed E-state index contributed by atoms with van der Waals surface area (Å²) in [6, 6.07) is 17.3. The van der Waals surface area contributed by atoms with Crippen molar-refractivity contribution in [2.24, 2.45) is 0 Å². The second-order valence-corrected chi connectivity index (χ2v) is 6.55. The van der Waals surface area contributed by atoms with Crippen LogP contribution < -0.4 is 14.2 Å². The first-order chi connectivity index (χ1) is 14.6. The number of carbonyl (C=O) groups is 2. The Bertz CT molecular complexity index is 1010. The van der Waals surface area contributed by atoms with Gasteiger partial charge < -0.3 is 18.9 Å². The number of hydrogen-bond donors (Lipinski definition) is 0. The molecule has 6 nitrogen and oxygen atoms in total. The Morgan fingerprint density at radius 2 is 1.37 bits per heavy atom. The van der Waals surface area contributed by atoms with Crippen LogP contribution in [0.5, 0.6) is 17.2 Å². The first-order valence-corrected chi connectivity index (χ1v) is 9.94. The lowest BCUT2D eigenvalue weighted by molar-refractivity contribution is 0.0527. The average Bonchev–Trinajstić information content (AvgIpc) is 2.78. The molecule has 0 N–H and O–H groups in total. The molecule has 156 valence electrons. The Morgan fingerprint density at radius 3 is 2.03 bits per heavy atom. The molecule has 0 aliphatic carbocycles. The molecule has 0 saturated heterocycles. The van der Waals surface area contributed by atoms with E-state index in [1.165, 1.54) is 0 Å². The van der Waals surface area contributed by atoms with Gasteiger partial charge in [0.1, 0.15) is 5.75 Å². The number of fused-ring (bicyclic) bond motifs is 1. The fourth-order valence-electron chi connectivity index (χ4n) is 2.86. The Hall–Kier alpha value is -3.54. The molecular formula is C24H24O6. The van der Waals surface area contributed by atoms with Gasteiger partial charge in [-0.2, -0.15) is 0 Å². The van der Waals surface area contributed by atoms with Crippen LogP contribution in [0, 0.1) is 0 Å². The smallest absolute Gasteiger partial charge is 0.493 e. The normalized spacial score (nSPS) is 10.5. The molecule has 3 aromatic rings. The average molecular weight is 408 g/mol. The van der Waals surface area contributed by atoms with Gasteiger partial charge in [-0.15, -0.1) is 0 Å². The summed E-state index contributed by atoms with van der Waals surface area (Å²) in [5, 5.41) is 1.40. The van der Waals surface area contributed by atoms with Crippen molar-refractivity contribution < 1.29 is 28.5 Å². The summed E-state index contributed by atoms with van der Waals surface area (Å²) in [6.07, 6.45) is 0.498. The third-order valence-corrected chi connectivity index (χ3v) is 4.22. The molecule has 0 fully saturated rings. The molecule has 0 heterocycles. The maximum Gasteiger partial charge on any atom is 0.522 e. The second-order valence-electron chi connectivity index (χ2n) is 6.55. The van der Waals surface area contributed by atoms with Gasteiger partial charge in [0.25, 0.3) is 0 Å². The van der Waals surface area contributed by atoms with E-state index in [1.807, 2.05) is 32.0 Å². The maximum absolute atomic E-state index is 12.4. The third-order valence-electron chi connectivity index (χ3n) is 4.22. The van der Waals surface area contributed by atoms with Crippen molar-refractivity contribution in [3.05, 3.63) is 66.2 Å². The van der Waals surface area contributed by atoms with Gasteiger partial charge in [0.15, 0.2) is 11.5 Å². The molecule has 0 unspecified atom stereocenters. The monoisotopic (exact) mass is 408 g/mol. The quantitative estimate of drug-likeness (QED) is 0.268. The lowest BCUT2D eigenvalue weighted by Gasteiger charge is -2.17. The highest BCUT2D eigenvalue weighted by molar-refractivity contribution is 5.99. The summed E-state index contributed by atoms with van der Waals surface area (Å²) < 4.78 is 22.0. The highest BCUT2D eigenvalue weighted by Gasteiger charge is 2.21. The topological polar surface area (TPSA) is 71.1 Å². The molecule has 30 heavy (non-hydrogen) atoms. The van der Waals surface area contributed by atoms with E-state index in [1.54, 1.807) is 42.5 Å². The number of benzene rings is 3. The standard InChI is InChI=1S/C24H24O6/c1-3-14-27-20-16-21(28-15-4-2)22(19-13-9-8-12-18(19)20)29-24(26)30-23(25)17-10-6-5-7-11-17/h5-13,16H,3-4,14-15H2,1-2H3. The Balaban J connectivity index is 1.92. The maximum atomic E-state index is 12.4. The van der Waals surface area contributed by atoms with Crippen LogP contribution in [0.3, 0.4) is 0 Å². The van der Waals surface area contributed by atoms with E-state index in [0.29, 0.717) is 30.1 Å². The second kappa shape index (κ2) is 10.3. The predicted octanol–water partition coefficient (Wildman–Crippen LogP) is 5.77. The van der Waals surface area contributed by atoms with Crippen molar-refractivity contribution in [2.45, 2.75) is 26.7 Å². The van der Waals surface area contributed by atoms with Crippen LogP contribution in [0.25, 0.3) is 10.8 Å². The van der Waals surface area contributed by atoms with E-state index in [2.05, 4.69) is 0 Å². The minimum absolute atomic E-state index is 0.189. The van der Waals surface area contributed by atoms with Crippen molar-refractivity contribution in [1.29, 1.82) is 0 Å². The fourth-order valence-corrected chi connectivity index (χ4v) is 2.86. The van der Waals surface area contributed by atoms with E-state index >= 15 is 0 Å². The summed E-state index contributed by atoms with van der Waals surface area (Å²) in [7, 11) is 0. The molecule has 0 amide bonds. The first-order valence-electron chi connectivity index (χ1n) is 9.94. The summed E-state index contributed by atoms with van der Waals surface area (Å²) in [6.45, 7) is 4.97. The zero-order valence-corrected chi connectivity index (χ0v) is 17.1. The van der Waals surface area contributed by atoms with E-state index in [-0.39, 0.29) is 11.3 Å². The predicted molar refractivity (Wildman–Crippen MR) is 113 cm³/mol. The summed E-state index contributed by atoms with van der Waals surface area (Å²) in [5.74, 6) is 0.392. The molecule has 0 atom stereocenters. The van der Waals surface area contributed by atoms with Crippen molar-refractivity contribution in [1.82, 2.24) is 0 Å². The fraction of sp³-hybridized carbons (Fsp3) is 0.250. The van der Waals surface area contributed by atoms with E-state index in [4.69, 9.17) is 18.9 Å². The molecule has 3 aromatic carbocycles. The molecular weight excluding hydrogens is 384 g/mol. The molecule has 3 rings (SSSR count). The van der Waals surface area contributed by atoms with Gasteiger partial charge in [-0.3, -0.25) is 0 Å². The van der Waals surface area contributed by atoms with Crippen molar-refractivity contribution in [3.8, 4) is 17.2 Å². The molecule has 0 bridgehead atoms. The van der Waals surface area contributed by atoms with Crippen LogP contribution in [-0.2, 0) is 4.74 Å². The molecule has 6 heteroatoms. The van der Waals surface area contributed by atoms with Crippen LogP contribution in [0.1, 0.15) is 37.0 Å². The number of rotatable bonds is 8. The van der Waals surface area contributed by atoms with Gasteiger partial charge in [0, 0.05) is 16.8 Å². The Kier molecular flexibility index (Phi) is 7.27. The van der Waals surface area contributed by atoms with Crippen LogP contribution in [0.2, 0.25) is 0 Å². The summed E-state index contributed by atoms with van der Waals surface area (Å²) in [4.78, 5) is 24.5. The highest BCUT2D eigenvalue weighted by atomic mass is 16.7. The number of ether oxygens (including phenoxy) is 4. The lowest BCUT2D eigenvalue weighted by atomic mass is 10.1. The minimum atomic E-state index is -1.13. The van der Waals surface area contributed by atoms with Crippen LogP contribution in [-0.4, -0.2) is 25.3 Å². The van der Waals surface area contributed by atoms with E-state index in [9.17, 15) is 9.59 Å². The molecule has 0 aromatic heterocycles. The zero-order chi connectivity index (χ0) is 21.3. The summed E-state index contributed by atoms with van der Waals surface area (Å²) in [5.41, 5.74) is 0.255. The largest absolute Gasteiger partial charge is 0.522 e. The van der Waals surface area contributed by atoms with Gasteiger partial charge in [-0.25, -0.2) is 9.59 Å². The van der Waals surface area contributed by atoms with Crippen molar-refractivity contribution in [2.75, 3.05) is 13.2 Å². The molecule has 0 spiro atoms. The van der Waals surface area contributed by atoms with E-state index in [0.717, 1.165) is 18.2 Å². The van der Waals surface area contributed by atoms with Gasteiger partial charge in [-0.05, 0) is 25.0 Å². The SMILES string of the molecule is CCCOc1cc(OCCC)c2ccccc2c1OC(=O)OC(=O)c1ccccc1. The molecule has 0 saturated carbocycles. The number of carbonyl (C=O) groups excluding carboxylic acids is 2. The van der Waals surface area contributed by atoms with Gasteiger partial charge in [0.05, 0.1) is 18.8 Å². The van der Waals surface area contributed by atoms with Crippen LogP contribution in [0.4, 0.5) is 4.79 Å². The van der Waals surface area contributed by atoms with Crippen LogP contribution in [0.15, 0.2) is 60.7 Å². The Labute approximate surface area is 175 Å². The van der Waals surface area contributed by atoms with Crippen molar-refractivity contribution in [3.63, 3.8) is 0 Å². The minimum Gasteiger partial charge on any atom is -0.493 e. The van der Waals surface area contributed by atoms with Gasteiger partial charge in [-0.1, -0.05) is 56.3 Å². The van der Waals surface area contributed by atoms with Gasteiger partial charge in [0.2, 0.25) is 0 Å². The summed E-state index contributed by atoms with van der Waals surface area (Å²) >= 11 is 0. The number of hydrogen-bond acceptors (Lipinski definition) is 6. The third kappa shape index (κ3) is 5.08.